The number of hydrogen-bond acceptors (Lipinski definition) is 4. The molecule has 0 aliphatic carbocycles. The van der Waals surface area contributed by atoms with E-state index in [0.717, 1.165) is 17.1 Å². The van der Waals surface area contributed by atoms with E-state index in [1.807, 2.05) is 5.43 Å². The lowest BCUT2D eigenvalue weighted by Crippen LogP contribution is -2.49. The summed E-state index contributed by atoms with van der Waals surface area (Å²) in [5.74, 6) is 3.29. The fraction of sp³-hybridized carbons (Fsp3) is 0.286. The number of carbonyl (C=O) groups is 3. The zero-order chi connectivity index (χ0) is 10.0. The predicted molar refractivity (Wildman–Crippen MR) is 42.8 cm³/mol. The first-order chi connectivity index (χ1) is 6.07. The molecule has 0 saturated heterocycles. The molecule has 0 spiro atoms. The van der Waals surface area contributed by atoms with E-state index in [2.05, 4.69) is 0 Å². The third-order valence-electron chi connectivity index (χ3n) is 1.75. The molecule has 6 nitrogen and oxygen atoms in total. The van der Waals surface area contributed by atoms with Crippen LogP contribution in [-0.4, -0.2) is 28.7 Å². The Morgan fingerprint density at radius 2 is 1.92 bits per heavy atom. The first-order valence-corrected chi connectivity index (χ1v) is 3.63. The van der Waals surface area contributed by atoms with Crippen molar-refractivity contribution in [3.63, 3.8) is 0 Å². The van der Waals surface area contributed by atoms with E-state index in [-0.39, 0.29) is 0 Å². The standard InChI is InChI=1S/C7H9N3O3/c1-4(7(13)9-8)10-5(11)2-3-6(10)12/h2-4H,8H2,1H3,(H,9,13). The Morgan fingerprint density at radius 1 is 1.46 bits per heavy atom. The molecule has 1 unspecified atom stereocenters. The smallest absolute Gasteiger partial charge is 0.256 e. The van der Waals surface area contributed by atoms with Crippen molar-refractivity contribution < 1.29 is 14.4 Å². The van der Waals surface area contributed by atoms with Gasteiger partial charge in [0.05, 0.1) is 0 Å². The molecule has 6 heteroatoms. The molecule has 3 amide bonds. The summed E-state index contributed by atoms with van der Waals surface area (Å²) in [6.07, 6.45) is 2.23. The van der Waals surface area contributed by atoms with Gasteiger partial charge in [0.2, 0.25) is 0 Å². The normalized spacial score (nSPS) is 17.8. The van der Waals surface area contributed by atoms with Gasteiger partial charge in [-0.25, -0.2) is 5.84 Å². The Balaban J connectivity index is 2.78. The highest BCUT2D eigenvalue weighted by atomic mass is 16.2. The second-order valence-electron chi connectivity index (χ2n) is 2.56. The molecule has 0 radical (unpaired) electrons. The summed E-state index contributed by atoms with van der Waals surface area (Å²) in [7, 11) is 0. The van der Waals surface area contributed by atoms with Gasteiger partial charge in [0, 0.05) is 12.2 Å². The van der Waals surface area contributed by atoms with E-state index in [4.69, 9.17) is 5.84 Å². The number of nitrogens with zero attached hydrogens (tertiary/aromatic N) is 1. The number of nitrogens with two attached hydrogens (primary N) is 1. The molecule has 1 aliphatic heterocycles. The summed E-state index contributed by atoms with van der Waals surface area (Å²) in [4.78, 5) is 33.9. The third kappa shape index (κ3) is 1.57. The summed E-state index contributed by atoms with van der Waals surface area (Å²) < 4.78 is 0. The molecule has 0 aromatic carbocycles. The highest BCUT2D eigenvalue weighted by Gasteiger charge is 2.32. The minimum atomic E-state index is -0.875. The third-order valence-corrected chi connectivity index (χ3v) is 1.75. The van der Waals surface area contributed by atoms with Gasteiger partial charge in [-0.3, -0.25) is 24.7 Å². The summed E-state index contributed by atoms with van der Waals surface area (Å²) in [6.45, 7) is 1.42. The van der Waals surface area contributed by atoms with Crippen molar-refractivity contribution in [3.05, 3.63) is 12.2 Å². The number of carbonyl (C=O) groups excluding carboxylic acids is 3. The Hall–Kier alpha value is -1.69. The average molecular weight is 183 g/mol. The molecular weight excluding hydrogens is 174 g/mol. The summed E-state index contributed by atoms with van der Waals surface area (Å²) in [5.41, 5.74) is 1.87. The van der Waals surface area contributed by atoms with Crippen LogP contribution in [0.25, 0.3) is 0 Å². The molecule has 1 aliphatic rings. The Morgan fingerprint density at radius 3 is 2.31 bits per heavy atom. The van der Waals surface area contributed by atoms with Crippen LogP contribution in [0.1, 0.15) is 6.92 Å². The second-order valence-corrected chi connectivity index (χ2v) is 2.56. The fourth-order valence-corrected chi connectivity index (χ4v) is 1.03. The van der Waals surface area contributed by atoms with Gasteiger partial charge in [-0.15, -0.1) is 0 Å². The lowest BCUT2D eigenvalue weighted by Gasteiger charge is -2.20. The van der Waals surface area contributed by atoms with Crippen molar-refractivity contribution in [2.45, 2.75) is 13.0 Å². The van der Waals surface area contributed by atoms with Crippen LogP contribution in [-0.2, 0) is 14.4 Å². The zero-order valence-electron chi connectivity index (χ0n) is 6.98. The quantitative estimate of drug-likeness (QED) is 0.231. The number of imide groups is 1. The zero-order valence-corrected chi connectivity index (χ0v) is 6.98. The van der Waals surface area contributed by atoms with Gasteiger partial charge in [0.1, 0.15) is 6.04 Å². The first-order valence-electron chi connectivity index (χ1n) is 3.63. The molecule has 1 rings (SSSR count). The van der Waals surface area contributed by atoms with Crippen molar-refractivity contribution in [1.29, 1.82) is 0 Å². The van der Waals surface area contributed by atoms with Crippen molar-refractivity contribution in [2.75, 3.05) is 0 Å². The first kappa shape index (κ1) is 9.40. The maximum atomic E-state index is 11.0. The van der Waals surface area contributed by atoms with E-state index in [9.17, 15) is 14.4 Å². The highest BCUT2D eigenvalue weighted by Crippen LogP contribution is 2.08. The molecular formula is C7H9N3O3. The van der Waals surface area contributed by atoms with Gasteiger partial charge >= 0.3 is 0 Å². The number of hydrazine groups is 1. The van der Waals surface area contributed by atoms with E-state index in [1.165, 1.54) is 6.92 Å². The molecule has 0 fully saturated rings. The van der Waals surface area contributed by atoms with Crippen LogP contribution in [0.15, 0.2) is 12.2 Å². The molecule has 1 atom stereocenters. The molecule has 1 heterocycles. The molecule has 0 aromatic heterocycles. The van der Waals surface area contributed by atoms with Crippen LogP contribution in [0.3, 0.4) is 0 Å². The van der Waals surface area contributed by atoms with Crippen molar-refractivity contribution in [3.8, 4) is 0 Å². The van der Waals surface area contributed by atoms with Crippen molar-refractivity contribution in [1.82, 2.24) is 10.3 Å². The largest absolute Gasteiger partial charge is 0.292 e. The van der Waals surface area contributed by atoms with E-state index >= 15 is 0 Å². The van der Waals surface area contributed by atoms with Crippen molar-refractivity contribution >= 4 is 17.7 Å². The highest BCUT2D eigenvalue weighted by molar-refractivity contribution is 6.14. The van der Waals surface area contributed by atoms with Gasteiger partial charge in [-0.1, -0.05) is 0 Å². The molecule has 0 saturated carbocycles. The number of rotatable bonds is 2. The SMILES string of the molecule is CC(C(=O)NN)N1C(=O)C=CC1=O. The van der Waals surface area contributed by atoms with Gasteiger partial charge < -0.3 is 0 Å². The maximum absolute atomic E-state index is 11.0. The van der Waals surface area contributed by atoms with E-state index < -0.39 is 23.8 Å². The van der Waals surface area contributed by atoms with Crippen LogP contribution in [0, 0.1) is 0 Å². The number of hydrogen-bond donors (Lipinski definition) is 2. The second kappa shape index (κ2) is 3.36. The van der Waals surface area contributed by atoms with Crippen LogP contribution in [0.2, 0.25) is 0 Å². The molecule has 70 valence electrons. The monoisotopic (exact) mass is 183 g/mol. The van der Waals surface area contributed by atoms with E-state index in [1.54, 1.807) is 0 Å². The van der Waals surface area contributed by atoms with Crippen molar-refractivity contribution in [2.24, 2.45) is 5.84 Å². The van der Waals surface area contributed by atoms with Crippen LogP contribution < -0.4 is 11.3 Å². The summed E-state index contributed by atoms with van der Waals surface area (Å²) in [6, 6.07) is -0.875. The number of amides is 3. The topological polar surface area (TPSA) is 92.5 Å². The lowest BCUT2D eigenvalue weighted by molar-refractivity contribution is -0.144. The van der Waals surface area contributed by atoms with Gasteiger partial charge in [-0.05, 0) is 6.92 Å². The minimum Gasteiger partial charge on any atom is -0.292 e. The minimum absolute atomic E-state index is 0.499. The van der Waals surface area contributed by atoms with Crippen LogP contribution in [0.5, 0.6) is 0 Å². The molecule has 3 N–H and O–H groups in total. The summed E-state index contributed by atoms with van der Waals surface area (Å²) >= 11 is 0. The fourth-order valence-electron chi connectivity index (χ4n) is 1.03. The predicted octanol–water partition coefficient (Wildman–Crippen LogP) is -1.71. The van der Waals surface area contributed by atoms with Gasteiger partial charge in [0.15, 0.2) is 0 Å². The van der Waals surface area contributed by atoms with Crippen LogP contribution in [0.4, 0.5) is 0 Å². The Labute approximate surface area is 74.3 Å². The lowest BCUT2D eigenvalue weighted by atomic mass is 10.3. The van der Waals surface area contributed by atoms with E-state index in [0.29, 0.717) is 0 Å². The average Bonchev–Trinajstić information content (AvgIpc) is 2.44. The number of nitrogens with one attached hydrogen (secondary N) is 1. The summed E-state index contributed by atoms with van der Waals surface area (Å²) in [5, 5.41) is 0. The Kier molecular flexibility index (Phi) is 2.43. The van der Waals surface area contributed by atoms with Crippen LogP contribution >= 0.6 is 0 Å². The maximum Gasteiger partial charge on any atom is 0.256 e. The van der Waals surface area contributed by atoms with Gasteiger partial charge in [-0.2, -0.15) is 0 Å². The Bertz CT molecular complexity index is 279. The molecule has 0 aromatic rings. The van der Waals surface area contributed by atoms with Gasteiger partial charge in [0.25, 0.3) is 17.7 Å². The molecule has 0 bridgehead atoms. The molecule has 13 heavy (non-hydrogen) atoms.